The molecule has 4 aromatic carbocycles. The Bertz CT molecular complexity index is 4050. The Morgan fingerprint density at radius 3 is 1.80 bits per heavy atom. The lowest BCUT2D eigenvalue weighted by molar-refractivity contribution is 0.134. The lowest BCUT2D eigenvalue weighted by Gasteiger charge is -2.20. The molecule has 21 heteroatoms. The number of benzene rings is 4. The molecule has 19 nitrogen and oxygen atoms in total. The van der Waals surface area contributed by atoms with Crippen molar-refractivity contribution in [2.24, 2.45) is 0 Å². The maximum Gasteiger partial charge on any atom is 0.263 e. The van der Waals surface area contributed by atoms with Crippen LogP contribution in [-0.2, 0) is 68.4 Å². The van der Waals surface area contributed by atoms with Gasteiger partial charge >= 0.3 is 0 Å². The van der Waals surface area contributed by atoms with Gasteiger partial charge in [0.1, 0.15) is 29.5 Å². The predicted octanol–water partition coefficient (Wildman–Crippen LogP) is 10.5. The van der Waals surface area contributed by atoms with Gasteiger partial charge in [-0.05, 0) is 125 Å². The van der Waals surface area contributed by atoms with Crippen molar-refractivity contribution in [3.05, 3.63) is 180 Å². The number of aromatic amines is 1. The third kappa shape index (κ3) is 12.0. The maximum atomic E-state index is 14.9. The van der Waals surface area contributed by atoms with E-state index in [2.05, 4.69) is 41.7 Å². The number of hydrogen-bond donors (Lipinski definition) is 3. The fourth-order valence-corrected chi connectivity index (χ4v) is 12.5. The summed E-state index contributed by atoms with van der Waals surface area (Å²) in [5, 5.41) is 12.5. The van der Waals surface area contributed by atoms with Gasteiger partial charge in [0.2, 0.25) is 0 Å². The van der Waals surface area contributed by atoms with Gasteiger partial charge in [-0.2, -0.15) is 9.61 Å². The zero-order chi connectivity index (χ0) is 57.0. The van der Waals surface area contributed by atoms with Gasteiger partial charge in [0.15, 0.2) is 17.3 Å². The van der Waals surface area contributed by atoms with Crippen molar-refractivity contribution in [3.8, 4) is 22.3 Å². The van der Waals surface area contributed by atoms with Crippen molar-refractivity contribution in [1.29, 1.82) is 0 Å². The summed E-state index contributed by atoms with van der Waals surface area (Å²) in [6.07, 6.45) is 4.06. The molecule has 0 radical (unpaired) electrons. The van der Waals surface area contributed by atoms with Crippen LogP contribution in [0.3, 0.4) is 0 Å². The average Bonchev–Trinajstić information content (AvgIpc) is 4.16. The van der Waals surface area contributed by atoms with E-state index >= 15 is 0 Å². The number of hydrogen-bond acceptors (Lipinski definition) is 15. The van der Waals surface area contributed by atoms with E-state index in [9.17, 15) is 21.6 Å². The zero-order valence-electron chi connectivity index (χ0n) is 46.6. The Labute approximate surface area is 465 Å². The van der Waals surface area contributed by atoms with Crippen LogP contribution < -0.4 is 15.0 Å². The third-order valence-electron chi connectivity index (χ3n) is 14.4. The Kier molecular flexibility index (Phi) is 17.0. The van der Waals surface area contributed by atoms with E-state index in [1.807, 2.05) is 76.2 Å². The number of nitrogens with one attached hydrogen (secondary N) is 3. The van der Waals surface area contributed by atoms with Crippen LogP contribution in [0.1, 0.15) is 125 Å². The summed E-state index contributed by atoms with van der Waals surface area (Å²) >= 11 is 0. The third-order valence-corrected chi connectivity index (χ3v) is 17.2. The van der Waals surface area contributed by atoms with Crippen molar-refractivity contribution in [1.82, 2.24) is 39.9 Å². The number of sulfonamides is 2. The SMILES string of the molecule is CCCc1nc(C)[nH]c(=O)c1Cc1ccc(-c2ccc(C(C)Cc3nc(C)n4ncnc4c3Cc3ccc(-c4ccccc4S(=O)(=O)Nc4noc(C)c4C)c(COCC)c3)cc2S(=O)(=O)Nc2noc(C)c2C)c(COCC)c1. The summed E-state index contributed by atoms with van der Waals surface area (Å²) in [4.78, 5) is 30.8. The topological polar surface area (TPSA) is 252 Å². The first-order valence-corrected chi connectivity index (χ1v) is 29.6. The number of aromatic nitrogens is 8. The molecule has 0 amide bonds. The second-order valence-corrected chi connectivity index (χ2v) is 23.3. The highest BCUT2D eigenvalue weighted by atomic mass is 32.2. The molecule has 418 valence electrons. The van der Waals surface area contributed by atoms with E-state index < -0.39 is 20.0 Å². The molecule has 0 fully saturated rings. The fourth-order valence-electron chi connectivity index (χ4n) is 9.89. The molecule has 5 heterocycles. The van der Waals surface area contributed by atoms with Gasteiger partial charge in [-0.3, -0.25) is 14.2 Å². The molecule has 0 bridgehead atoms. The van der Waals surface area contributed by atoms with Gasteiger partial charge in [-0.1, -0.05) is 97.3 Å². The van der Waals surface area contributed by atoms with Crippen LogP contribution in [0.5, 0.6) is 0 Å². The molecule has 3 N–H and O–H groups in total. The highest BCUT2D eigenvalue weighted by Crippen LogP contribution is 2.38. The number of rotatable bonds is 23. The van der Waals surface area contributed by atoms with Crippen molar-refractivity contribution in [2.45, 2.75) is 130 Å². The molecule has 5 aromatic heterocycles. The monoisotopic (exact) mass is 1120 g/mol. The van der Waals surface area contributed by atoms with Gasteiger partial charge in [-0.15, -0.1) is 0 Å². The van der Waals surface area contributed by atoms with Crippen LogP contribution >= 0.6 is 0 Å². The van der Waals surface area contributed by atoms with Crippen molar-refractivity contribution < 1.29 is 35.4 Å². The molecule has 0 aliphatic heterocycles. The number of aryl methyl sites for hydroxylation is 5. The number of ether oxygens (including phenoxy) is 2. The summed E-state index contributed by atoms with van der Waals surface area (Å²) in [5.74, 6) is 2.08. The molecular weight excluding hydrogens is 1060 g/mol. The molecule has 9 aromatic rings. The van der Waals surface area contributed by atoms with Crippen LogP contribution in [-0.4, -0.2) is 69.9 Å². The fraction of sp³-hybridized carbons (Fsp3) is 0.339. The van der Waals surface area contributed by atoms with E-state index in [0.717, 1.165) is 51.2 Å². The normalized spacial score (nSPS) is 12.4. The average molecular weight is 1120 g/mol. The lowest BCUT2D eigenvalue weighted by atomic mass is 9.90. The molecule has 0 saturated carbocycles. The first-order valence-electron chi connectivity index (χ1n) is 26.6. The summed E-state index contributed by atoms with van der Waals surface area (Å²) in [7, 11) is -8.47. The highest BCUT2D eigenvalue weighted by Gasteiger charge is 2.28. The zero-order valence-corrected chi connectivity index (χ0v) is 48.3. The Morgan fingerprint density at radius 2 is 1.23 bits per heavy atom. The van der Waals surface area contributed by atoms with E-state index in [-0.39, 0.29) is 46.1 Å². The molecule has 1 atom stereocenters. The molecule has 0 aliphatic carbocycles. The number of H-pyrrole nitrogens is 1. The van der Waals surface area contributed by atoms with Crippen molar-refractivity contribution in [3.63, 3.8) is 0 Å². The van der Waals surface area contributed by atoms with Gasteiger partial charge in [-0.25, -0.2) is 31.8 Å². The Morgan fingerprint density at radius 1 is 0.662 bits per heavy atom. The largest absolute Gasteiger partial charge is 0.377 e. The second-order valence-electron chi connectivity index (χ2n) is 20.0. The number of anilines is 2. The quantitative estimate of drug-likeness (QED) is 0.0539. The second kappa shape index (κ2) is 23.9. The summed E-state index contributed by atoms with van der Waals surface area (Å²) < 4.78 is 87.6. The van der Waals surface area contributed by atoms with E-state index in [1.54, 1.807) is 69.5 Å². The van der Waals surface area contributed by atoms with E-state index in [4.69, 9.17) is 28.5 Å². The molecule has 0 aliphatic rings. The Balaban J connectivity index is 1.09. The number of fused-ring (bicyclic) bond motifs is 1. The highest BCUT2D eigenvalue weighted by molar-refractivity contribution is 7.93. The van der Waals surface area contributed by atoms with Crippen LogP contribution in [0.25, 0.3) is 27.9 Å². The summed E-state index contributed by atoms with van der Waals surface area (Å²) in [5.41, 5.74) is 10.7. The summed E-state index contributed by atoms with van der Waals surface area (Å²) in [6.45, 7) is 19.7. The van der Waals surface area contributed by atoms with Gasteiger partial charge in [0.25, 0.3) is 25.6 Å². The van der Waals surface area contributed by atoms with Gasteiger partial charge < -0.3 is 23.5 Å². The number of nitrogens with zero attached hydrogens (tertiary/aromatic N) is 7. The molecule has 80 heavy (non-hydrogen) atoms. The smallest absolute Gasteiger partial charge is 0.263 e. The minimum Gasteiger partial charge on any atom is -0.377 e. The van der Waals surface area contributed by atoms with Crippen LogP contribution in [0.15, 0.2) is 109 Å². The van der Waals surface area contributed by atoms with Crippen molar-refractivity contribution >= 4 is 37.3 Å². The lowest BCUT2D eigenvalue weighted by Crippen LogP contribution is -2.19. The first kappa shape index (κ1) is 56.9. The maximum absolute atomic E-state index is 14.9. The standard InChI is InChI=1S/C59H66N10O9S2/c1-11-16-52-51(59(70)63-39(9)62-52)29-42-20-23-47(45(27-42)32-76-13-3)49-24-21-43(30-55(49)80(73,74)68-57-36(6)38(8)78-66-57)34(4)25-53-50(58-60-33-61-69(58)40(10)64-53)28-41-19-22-46(44(26-41)31-75-12-2)48-17-14-15-18-54(48)79(71,72)67-56-35(5)37(7)77-65-56/h14-15,17-24,26-27,30,33-34H,11-13,16,25,28-29,31-32H2,1-10H3,(H,65,67)(H,66,68)(H,62,63,70). The minimum atomic E-state index is -4.34. The molecule has 9 rings (SSSR count). The van der Waals surface area contributed by atoms with Crippen LogP contribution in [0, 0.1) is 41.5 Å². The van der Waals surface area contributed by atoms with Crippen LogP contribution in [0.2, 0.25) is 0 Å². The van der Waals surface area contributed by atoms with Gasteiger partial charge in [0, 0.05) is 59.4 Å². The van der Waals surface area contributed by atoms with E-state index in [1.165, 1.54) is 6.33 Å². The first-order chi connectivity index (χ1) is 38.3. The van der Waals surface area contributed by atoms with E-state index in [0.29, 0.717) is 107 Å². The molecular formula is C59H66N10O9S2. The van der Waals surface area contributed by atoms with Gasteiger partial charge in [0.05, 0.1) is 34.4 Å². The predicted molar refractivity (Wildman–Crippen MR) is 305 cm³/mol. The minimum absolute atomic E-state index is 0.0181. The molecule has 1 unspecified atom stereocenters. The molecule has 0 saturated heterocycles. The van der Waals surface area contributed by atoms with Crippen molar-refractivity contribution in [2.75, 3.05) is 22.7 Å². The Hall–Kier alpha value is -7.85. The molecule has 0 spiro atoms. The van der Waals surface area contributed by atoms with Crippen LogP contribution in [0.4, 0.5) is 11.6 Å². The summed E-state index contributed by atoms with van der Waals surface area (Å²) in [6, 6.07) is 23.9.